The minimum atomic E-state index is 0. The Balaban J connectivity index is 0.000000165. The zero-order valence-electron chi connectivity index (χ0n) is 23.6. The first-order chi connectivity index (χ1) is 19.2. The van der Waals surface area contributed by atoms with E-state index < -0.39 is 0 Å². The van der Waals surface area contributed by atoms with E-state index >= 15 is 0 Å². The topological polar surface area (TPSA) is 9.86 Å². The van der Waals surface area contributed by atoms with Crippen LogP contribution in [0.4, 0.5) is 0 Å². The minimum absolute atomic E-state index is 0. The number of nitrogens with zero attached hydrogens (tertiary/aromatic N) is 2. The number of hydrogen-bond donors (Lipinski definition) is 0. The molecule has 8 aromatic rings. The van der Waals surface area contributed by atoms with Gasteiger partial charge in [0.1, 0.15) is 0 Å². The monoisotopic (exact) mass is 810 g/mol. The van der Waals surface area contributed by atoms with Gasteiger partial charge in [0.2, 0.25) is 0 Å². The van der Waals surface area contributed by atoms with Gasteiger partial charge in [-0.2, -0.15) is 0 Å². The molecular weight excluding hydrogens is 786 g/mol. The molecule has 0 aliphatic carbocycles. The molecule has 42 heavy (non-hydrogen) atoms. The number of benzene rings is 4. The van der Waals surface area contributed by atoms with Gasteiger partial charge < -0.3 is 33.9 Å². The molecule has 8 rings (SSSR count). The van der Waals surface area contributed by atoms with Crippen LogP contribution in [0.3, 0.4) is 0 Å². The first kappa shape index (κ1) is 33.2. The van der Waals surface area contributed by atoms with Crippen LogP contribution in [0.5, 0.6) is 0 Å². The molecule has 0 saturated carbocycles. The molecule has 0 aliphatic rings. The summed E-state index contributed by atoms with van der Waals surface area (Å²) < 4.78 is 6.80. The van der Waals surface area contributed by atoms with Crippen molar-refractivity contribution in [2.24, 2.45) is 14.1 Å². The van der Waals surface area contributed by atoms with Crippen LogP contribution in [-0.4, -0.2) is 14.6 Å². The van der Waals surface area contributed by atoms with Gasteiger partial charge in [-0.1, -0.05) is 66.9 Å². The molecule has 0 unspecified atom stereocenters. The standard InChI is InChI=1S/2C16H11BrN.C2H6Si.2ClH.Zr/c2*1-18-14-9-11(17)6-7-13(14)16-12-5-3-2-4-10(12)8-15(16)18;1-3-2;;;/h2*2-9H,1H3;1-2H3;2*1H;/q2*-1;;;;+2/p-2. The summed E-state index contributed by atoms with van der Waals surface area (Å²) in [5.74, 6) is 0. The number of hydrogen-bond acceptors (Lipinski definition) is 0. The van der Waals surface area contributed by atoms with Crippen molar-refractivity contribution >= 4 is 102 Å². The van der Waals surface area contributed by atoms with Crippen molar-refractivity contribution in [3.63, 3.8) is 0 Å². The molecule has 2 nitrogen and oxygen atoms in total. The largest absolute Gasteiger partial charge is 1.00 e. The molecule has 2 aromatic heterocycles. The fourth-order valence-corrected chi connectivity index (χ4v) is 6.46. The summed E-state index contributed by atoms with van der Waals surface area (Å²) in [6.45, 7) is 4.62. The summed E-state index contributed by atoms with van der Waals surface area (Å²) in [7, 11) is 4.27. The third kappa shape index (κ3) is 6.01. The predicted octanol–water partition coefficient (Wildman–Crippen LogP) is 4.72. The van der Waals surface area contributed by atoms with Crippen LogP contribution in [0.15, 0.2) is 106 Å². The van der Waals surface area contributed by atoms with E-state index in [2.05, 4.69) is 165 Å². The van der Waals surface area contributed by atoms with Crippen molar-refractivity contribution in [2.75, 3.05) is 0 Å². The van der Waals surface area contributed by atoms with E-state index in [1.165, 1.54) is 65.2 Å². The van der Waals surface area contributed by atoms with Crippen LogP contribution in [0, 0.1) is 0 Å². The van der Waals surface area contributed by atoms with Crippen molar-refractivity contribution in [1.82, 2.24) is 9.13 Å². The van der Waals surface area contributed by atoms with E-state index in [0.717, 1.165) is 8.95 Å². The Morgan fingerprint density at radius 2 is 0.952 bits per heavy atom. The van der Waals surface area contributed by atoms with Crippen molar-refractivity contribution in [1.29, 1.82) is 0 Å². The first-order valence-corrected chi connectivity index (χ1v) is 21.0. The van der Waals surface area contributed by atoms with Gasteiger partial charge in [0, 0.05) is 34.1 Å². The van der Waals surface area contributed by atoms with Crippen molar-refractivity contribution in [3.8, 4) is 0 Å². The number of fused-ring (bicyclic) bond motifs is 10. The van der Waals surface area contributed by atoms with E-state index in [1.807, 2.05) is 0 Å². The predicted molar refractivity (Wildman–Crippen MR) is 180 cm³/mol. The van der Waals surface area contributed by atoms with Gasteiger partial charge in [0.15, 0.2) is 0 Å². The van der Waals surface area contributed by atoms with Crippen LogP contribution in [0.1, 0.15) is 0 Å². The molecule has 0 N–H and O–H groups in total. The Hall–Kier alpha value is -1.66. The van der Waals surface area contributed by atoms with Gasteiger partial charge in [-0.25, -0.2) is 0 Å². The first-order valence-electron chi connectivity index (χ1n) is 13.2. The molecule has 0 fully saturated rings. The number of aryl methyl sites for hydroxylation is 2. The SMILES string of the molecule is C[Si](C)=[Zr+2].Cn1c2cc(Br)ccc2c2c3ccccc3[cH-]c21.Cn1c2cc(Br)ccc2c2c3ccccc3[cH-]c21.[Cl-].[Cl-]. The van der Waals surface area contributed by atoms with Gasteiger partial charge in [-0.05, 0) is 46.1 Å². The van der Waals surface area contributed by atoms with Crippen LogP contribution in [0.25, 0.3) is 65.2 Å². The molecule has 0 atom stereocenters. The average molecular weight is 815 g/mol. The number of aromatic nitrogens is 2. The maximum atomic E-state index is 3.55. The molecule has 0 bridgehead atoms. The molecule has 2 heterocycles. The summed E-state index contributed by atoms with van der Waals surface area (Å²) in [5, 5.41) is 10.7. The fraction of sp³-hybridized carbons (Fsp3) is 0.118. The summed E-state index contributed by atoms with van der Waals surface area (Å²) >= 11 is 8.84. The van der Waals surface area contributed by atoms with Crippen molar-refractivity contribution < 1.29 is 48.1 Å². The molecule has 212 valence electrons. The Bertz CT molecular complexity index is 2070. The summed E-state index contributed by atoms with van der Waals surface area (Å²) in [4.78, 5) is 0. The van der Waals surface area contributed by atoms with Gasteiger partial charge in [-0.3, -0.25) is 0 Å². The second-order valence-corrected chi connectivity index (χ2v) is 21.6. The fourth-order valence-electron chi connectivity index (χ4n) is 5.76. The minimum Gasteiger partial charge on any atom is -1.00 e. The molecule has 8 heteroatoms. The van der Waals surface area contributed by atoms with Gasteiger partial charge in [-0.15, -0.1) is 70.1 Å². The third-order valence-corrected chi connectivity index (χ3v) is 8.45. The van der Waals surface area contributed by atoms with E-state index in [-0.39, 0.29) is 30.2 Å². The quantitative estimate of drug-likeness (QED) is 0.155. The number of rotatable bonds is 0. The molecule has 6 aromatic carbocycles. The summed E-state index contributed by atoms with van der Waals surface area (Å²) in [6.07, 6.45) is 0. The Morgan fingerprint density at radius 1 is 0.595 bits per heavy atom. The molecule has 0 radical (unpaired) electrons. The van der Waals surface area contributed by atoms with Crippen molar-refractivity contribution in [3.05, 3.63) is 106 Å². The number of halogens is 4. The van der Waals surface area contributed by atoms with Crippen LogP contribution >= 0.6 is 31.9 Å². The van der Waals surface area contributed by atoms with E-state index in [4.69, 9.17) is 0 Å². The second-order valence-electron chi connectivity index (χ2n) is 10.4. The van der Waals surface area contributed by atoms with Crippen LogP contribution in [0.2, 0.25) is 13.1 Å². The normalized spacial score (nSPS) is 10.9. The summed E-state index contributed by atoms with van der Waals surface area (Å²) in [5.41, 5.74) is 5.39. The zero-order valence-corrected chi connectivity index (χ0v) is 31.8. The second kappa shape index (κ2) is 13.5. The summed E-state index contributed by atoms with van der Waals surface area (Å²) in [6, 6.07) is 34.7. The maximum Gasteiger partial charge on any atom is 0.0384 e. The van der Waals surface area contributed by atoms with Gasteiger partial charge in [0.25, 0.3) is 0 Å². The third-order valence-electron chi connectivity index (χ3n) is 7.46. The van der Waals surface area contributed by atoms with Crippen LogP contribution < -0.4 is 24.8 Å². The zero-order chi connectivity index (χ0) is 28.1. The van der Waals surface area contributed by atoms with Crippen molar-refractivity contribution in [2.45, 2.75) is 13.1 Å². The molecule has 0 amide bonds. The van der Waals surface area contributed by atoms with E-state index in [0.29, 0.717) is 0 Å². The van der Waals surface area contributed by atoms with E-state index in [1.54, 1.807) is 23.3 Å². The van der Waals surface area contributed by atoms with Gasteiger partial charge >= 0.3 is 41.9 Å². The molecular formula is C34H28Br2Cl2N2SiZr-2. The van der Waals surface area contributed by atoms with E-state index in [9.17, 15) is 0 Å². The maximum absolute atomic E-state index is 3.55. The Kier molecular flexibility index (Phi) is 10.7. The Labute approximate surface area is 290 Å². The van der Waals surface area contributed by atoms with Crippen LogP contribution in [-0.2, 0) is 37.4 Å². The molecule has 0 aliphatic heterocycles. The molecule has 0 spiro atoms. The Morgan fingerprint density at radius 3 is 1.33 bits per heavy atom. The van der Waals surface area contributed by atoms with Gasteiger partial charge in [0.05, 0.1) is 0 Å². The average Bonchev–Trinajstić information content (AvgIpc) is 3.64. The smallest absolute Gasteiger partial charge is 0.0384 e. The molecule has 0 saturated heterocycles.